The van der Waals surface area contributed by atoms with Crippen LogP contribution < -0.4 is 11.1 Å². The lowest BCUT2D eigenvalue weighted by molar-refractivity contribution is -0.116. The lowest BCUT2D eigenvalue weighted by Gasteiger charge is -2.03. The molecule has 6 nitrogen and oxygen atoms in total. The highest BCUT2D eigenvalue weighted by Crippen LogP contribution is 2.22. The maximum Gasteiger partial charge on any atom is 0.419 e. The molecule has 0 aliphatic rings. The van der Waals surface area contributed by atoms with Gasteiger partial charge >= 0.3 is 5.76 Å². The first-order chi connectivity index (χ1) is 14.0. The van der Waals surface area contributed by atoms with Crippen LogP contribution in [0, 0.1) is 12.7 Å². The van der Waals surface area contributed by atoms with E-state index in [0.29, 0.717) is 28.2 Å². The van der Waals surface area contributed by atoms with Crippen molar-refractivity contribution in [3.05, 3.63) is 81.0 Å². The third kappa shape index (κ3) is 4.27. The topological polar surface area (TPSA) is 77.1 Å². The van der Waals surface area contributed by atoms with Crippen LogP contribution in [0.15, 0.2) is 57.9 Å². The molecular formula is C21H18FN3O3S. The molecule has 2 aromatic heterocycles. The molecule has 0 aliphatic heterocycles. The number of carbonyl (C=O) groups excluding carboxylic acids is 1. The van der Waals surface area contributed by atoms with E-state index in [9.17, 15) is 14.0 Å². The van der Waals surface area contributed by atoms with E-state index in [1.807, 2.05) is 12.1 Å². The Morgan fingerprint density at radius 2 is 2.10 bits per heavy atom. The summed E-state index contributed by atoms with van der Waals surface area (Å²) in [6.45, 7) is 1.93. The Kier molecular flexibility index (Phi) is 5.26. The van der Waals surface area contributed by atoms with Gasteiger partial charge in [0.25, 0.3) is 0 Å². The number of thiazole rings is 1. The molecular weight excluding hydrogens is 393 g/mol. The summed E-state index contributed by atoms with van der Waals surface area (Å²) >= 11 is 1.34. The van der Waals surface area contributed by atoms with Crippen LogP contribution in [0.5, 0.6) is 0 Å². The standard InChI is InChI=1S/C21H18FN3O3S/c1-13-6-7-14(11-16(13)22)10-15-12-23-20(29-15)24-19(26)8-9-25-17-4-2-3-5-18(17)28-21(25)27/h2-7,11-12H,8-10H2,1H3,(H,23,24,26). The zero-order valence-electron chi connectivity index (χ0n) is 15.6. The van der Waals surface area contributed by atoms with Crippen LogP contribution in [0.25, 0.3) is 11.1 Å². The number of benzene rings is 2. The van der Waals surface area contributed by atoms with E-state index in [-0.39, 0.29) is 24.7 Å². The highest BCUT2D eigenvalue weighted by molar-refractivity contribution is 7.15. The molecule has 0 saturated carbocycles. The van der Waals surface area contributed by atoms with Gasteiger partial charge in [0.1, 0.15) is 5.82 Å². The lowest BCUT2D eigenvalue weighted by Crippen LogP contribution is -2.19. The number of nitrogens with one attached hydrogen (secondary N) is 1. The molecule has 0 bridgehead atoms. The minimum absolute atomic E-state index is 0.113. The van der Waals surface area contributed by atoms with Crippen LogP contribution in [0.4, 0.5) is 9.52 Å². The minimum atomic E-state index is -0.485. The maximum atomic E-state index is 13.7. The van der Waals surface area contributed by atoms with Crippen molar-refractivity contribution in [1.29, 1.82) is 0 Å². The van der Waals surface area contributed by atoms with Crippen molar-refractivity contribution < 1.29 is 13.6 Å². The molecule has 0 unspecified atom stereocenters. The van der Waals surface area contributed by atoms with Gasteiger partial charge in [0.15, 0.2) is 10.7 Å². The van der Waals surface area contributed by atoms with Gasteiger partial charge in [0, 0.05) is 30.5 Å². The van der Waals surface area contributed by atoms with Crippen LogP contribution in [-0.2, 0) is 17.8 Å². The molecule has 29 heavy (non-hydrogen) atoms. The summed E-state index contributed by atoms with van der Waals surface area (Å²) in [4.78, 5) is 29.4. The van der Waals surface area contributed by atoms with Crippen molar-refractivity contribution in [2.75, 3.05) is 5.32 Å². The third-order valence-corrected chi connectivity index (χ3v) is 5.46. The number of aromatic nitrogens is 2. The first-order valence-corrected chi connectivity index (χ1v) is 9.89. The number of carbonyl (C=O) groups is 1. The summed E-state index contributed by atoms with van der Waals surface area (Å²) < 4.78 is 20.3. The summed E-state index contributed by atoms with van der Waals surface area (Å²) in [5, 5.41) is 3.22. The monoisotopic (exact) mass is 411 g/mol. The average molecular weight is 411 g/mol. The Labute approximate surface area is 169 Å². The third-order valence-electron chi connectivity index (χ3n) is 4.55. The number of amides is 1. The number of fused-ring (bicyclic) bond motifs is 1. The molecule has 0 fully saturated rings. The number of hydrogen-bond acceptors (Lipinski definition) is 5. The van der Waals surface area contributed by atoms with Crippen LogP contribution in [-0.4, -0.2) is 15.5 Å². The van der Waals surface area contributed by atoms with Gasteiger partial charge in [-0.3, -0.25) is 9.36 Å². The second kappa shape index (κ2) is 8.00. The van der Waals surface area contributed by atoms with E-state index < -0.39 is 5.76 Å². The first-order valence-electron chi connectivity index (χ1n) is 9.07. The predicted octanol–water partition coefficient (Wildman–Crippen LogP) is 4.12. The summed E-state index contributed by atoms with van der Waals surface area (Å²) in [5.41, 5.74) is 2.61. The van der Waals surface area contributed by atoms with Crippen molar-refractivity contribution in [1.82, 2.24) is 9.55 Å². The highest BCUT2D eigenvalue weighted by Gasteiger charge is 2.12. The van der Waals surface area contributed by atoms with E-state index in [0.717, 1.165) is 10.4 Å². The molecule has 0 atom stereocenters. The van der Waals surface area contributed by atoms with Crippen molar-refractivity contribution in [2.24, 2.45) is 0 Å². The number of oxazole rings is 1. The van der Waals surface area contributed by atoms with Crippen LogP contribution in [0.3, 0.4) is 0 Å². The predicted molar refractivity (Wildman–Crippen MR) is 110 cm³/mol. The molecule has 0 saturated heterocycles. The molecule has 0 spiro atoms. The highest BCUT2D eigenvalue weighted by atomic mass is 32.1. The number of rotatable bonds is 6. The Morgan fingerprint density at radius 3 is 2.93 bits per heavy atom. The number of halogens is 1. The minimum Gasteiger partial charge on any atom is -0.408 e. The molecule has 4 rings (SSSR count). The van der Waals surface area contributed by atoms with E-state index in [2.05, 4.69) is 10.3 Å². The quantitative estimate of drug-likeness (QED) is 0.518. The van der Waals surface area contributed by atoms with Crippen molar-refractivity contribution >= 4 is 33.5 Å². The molecule has 1 N–H and O–H groups in total. The summed E-state index contributed by atoms with van der Waals surface area (Å²) in [5.74, 6) is -0.965. The van der Waals surface area contributed by atoms with Gasteiger partial charge in [0.05, 0.1) is 5.52 Å². The summed E-state index contributed by atoms with van der Waals surface area (Å²) in [6, 6.07) is 12.2. The Hall–Kier alpha value is -3.26. The molecule has 2 aromatic carbocycles. The number of anilines is 1. The Morgan fingerprint density at radius 1 is 1.28 bits per heavy atom. The van der Waals surface area contributed by atoms with Crippen molar-refractivity contribution in [2.45, 2.75) is 26.3 Å². The number of nitrogens with zero attached hydrogens (tertiary/aromatic N) is 2. The second-order valence-electron chi connectivity index (χ2n) is 6.68. The number of aryl methyl sites for hydroxylation is 2. The van der Waals surface area contributed by atoms with Gasteiger partial charge in [-0.25, -0.2) is 14.2 Å². The fourth-order valence-corrected chi connectivity index (χ4v) is 3.88. The van der Waals surface area contributed by atoms with E-state index >= 15 is 0 Å². The molecule has 0 aliphatic carbocycles. The molecule has 1 amide bonds. The van der Waals surface area contributed by atoms with Gasteiger partial charge in [0.2, 0.25) is 5.91 Å². The first kappa shape index (κ1) is 19.1. The normalized spacial score (nSPS) is 11.1. The van der Waals surface area contributed by atoms with Crippen LogP contribution in [0.1, 0.15) is 22.4 Å². The largest absolute Gasteiger partial charge is 0.419 e. The van der Waals surface area contributed by atoms with Gasteiger partial charge in [-0.15, -0.1) is 11.3 Å². The van der Waals surface area contributed by atoms with Gasteiger partial charge < -0.3 is 9.73 Å². The smallest absolute Gasteiger partial charge is 0.408 e. The zero-order valence-corrected chi connectivity index (χ0v) is 16.5. The maximum absolute atomic E-state index is 13.7. The fraction of sp³-hybridized carbons (Fsp3) is 0.190. The lowest BCUT2D eigenvalue weighted by atomic mass is 10.1. The Bertz CT molecular complexity index is 1240. The van der Waals surface area contributed by atoms with E-state index in [1.165, 1.54) is 22.0 Å². The molecule has 8 heteroatoms. The van der Waals surface area contributed by atoms with Gasteiger partial charge in [-0.2, -0.15) is 0 Å². The van der Waals surface area contributed by atoms with E-state index in [1.54, 1.807) is 37.4 Å². The zero-order chi connectivity index (χ0) is 20.4. The molecule has 148 valence electrons. The van der Waals surface area contributed by atoms with Crippen molar-refractivity contribution in [3.8, 4) is 0 Å². The van der Waals surface area contributed by atoms with Crippen molar-refractivity contribution in [3.63, 3.8) is 0 Å². The second-order valence-corrected chi connectivity index (χ2v) is 7.79. The number of hydrogen-bond donors (Lipinski definition) is 1. The number of para-hydroxylation sites is 2. The van der Waals surface area contributed by atoms with Crippen LogP contribution >= 0.6 is 11.3 Å². The average Bonchev–Trinajstić information content (AvgIpc) is 3.26. The van der Waals surface area contributed by atoms with Gasteiger partial charge in [-0.1, -0.05) is 24.3 Å². The van der Waals surface area contributed by atoms with E-state index in [4.69, 9.17) is 4.42 Å². The molecule has 2 heterocycles. The van der Waals surface area contributed by atoms with Gasteiger partial charge in [-0.05, 0) is 36.2 Å². The summed E-state index contributed by atoms with van der Waals surface area (Å²) in [6.07, 6.45) is 2.33. The van der Waals surface area contributed by atoms with Crippen LogP contribution in [0.2, 0.25) is 0 Å². The fourth-order valence-electron chi connectivity index (χ4n) is 3.02. The molecule has 0 radical (unpaired) electrons. The molecule has 4 aromatic rings. The summed E-state index contributed by atoms with van der Waals surface area (Å²) in [7, 11) is 0. The Balaban J connectivity index is 1.37. The SMILES string of the molecule is Cc1ccc(Cc2cnc(NC(=O)CCn3c(=O)oc4ccccc43)s2)cc1F.